The number of esters is 3. The van der Waals surface area contributed by atoms with E-state index in [0.717, 1.165) is 128 Å². The number of hydrogen-bond donors (Lipinski definition) is 0. The first-order valence-electron chi connectivity index (χ1n) is 26.2. The van der Waals surface area contributed by atoms with Gasteiger partial charge in [0.05, 0.1) is 0 Å². The van der Waals surface area contributed by atoms with E-state index in [2.05, 4.69) is 118 Å². The molecule has 0 saturated heterocycles. The van der Waals surface area contributed by atoms with Gasteiger partial charge in [0.15, 0.2) is 6.10 Å². The molecule has 0 aliphatic rings. The van der Waals surface area contributed by atoms with Crippen LogP contribution in [0.5, 0.6) is 0 Å². The smallest absolute Gasteiger partial charge is 0.306 e. The maximum absolute atomic E-state index is 12.8. The van der Waals surface area contributed by atoms with Crippen molar-refractivity contribution in [2.45, 2.75) is 239 Å². The van der Waals surface area contributed by atoms with E-state index in [0.29, 0.717) is 19.3 Å². The van der Waals surface area contributed by atoms with Gasteiger partial charge in [-0.2, -0.15) is 0 Å². The van der Waals surface area contributed by atoms with Crippen molar-refractivity contribution in [3.05, 3.63) is 97.2 Å². The molecule has 6 heteroatoms. The third kappa shape index (κ3) is 49.3. The van der Waals surface area contributed by atoms with E-state index in [1.54, 1.807) is 0 Å². The number of ether oxygens (including phenoxy) is 3. The van der Waals surface area contributed by atoms with E-state index in [4.69, 9.17) is 14.2 Å². The maximum Gasteiger partial charge on any atom is 0.306 e. The van der Waals surface area contributed by atoms with Crippen LogP contribution in [0.1, 0.15) is 233 Å². The van der Waals surface area contributed by atoms with Gasteiger partial charge in [-0.15, -0.1) is 0 Å². The first-order chi connectivity index (χ1) is 31.5. The Bertz CT molecular complexity index is 1300. The molecule has 364 valence electrons. The molecule has 0 rings (SSSR count). The van der Waals surface area contributed by atoms with Gasteiger partial charge in [0, 0.05) is 19.3 Å². The maximum atomic E-state index is 12.8. The van der Waals surface area contributed by atoms with E-state index >= 15 is 0 Å². The monoisotopic (exact) mass is 889 g/mol. The van der Waals surface area contributed by atoms with Crippen LogP contribution in [0.2, 0.25) is 0 Å². The molecule has 0 aromatic rings. The predicted molar refractivity (Wildman–Crippen MR) is 274 cm³/mol. The Kier molecular flexibility index (Phi) is 49.0. The first-order valence-corrected chi connectivity index (χ1v) is 26.2. The molecule has 0 amide bonds. The van der Waals surface area contributed by atoms with Crippen molar-refractivity contribution in [1.82, 2.24) is 0 Å². The molecule has 0 aromatic carbocycles. The van der Waals surface area contributed by atoms with Gasteiger partial charge >= 0.3 is 17.9 Å². The Morgan fingerprint density at radius 2 is 0.609 bits per heavy atom. The summed E-state index contributed by atoms with van der Waals surface area (Å²) in [5, 5.41) is 0. The summed E-state index contributed by atoms with van der Waals surface area (Å²) in [4.78, 5) is 38.0. The molecule has 0 saturated carbocycles. The summed E-state index contributed by atoms with van der Waals surface area (Å²) in [5.41, 5.74) is 0. The number of carbonyl (C=O) groups excluding carboxylic acids is 3. The number of unbranched alkanes of at least 4 members (excludes halogenated alkanes) is 19. The SMILES string of the molecule is CC/C=C\C/C=C\C/C=C\C/C=C\C/C=C\CCCCCC(=O)OCC(COC(=O)CCCCCCCCCCCCC)OC(=O)CCCCCCCC/C=C\C/C=C\C/C=C\CC. The van der Waals surface area contributed by atoms with E-state index < -0.39 is 6.10 Å². The highest BCUT2D eigenvalue weighted by atomic mass is 16.6. The number of rotatable bonds is 46. The lowest BCUT2D eigenvalue weighted by Crippen LogP contribution is -2.30. The van der Waals surface area contributed by atoms with Crippen LogP contribution >= 0.6 is 0 Å². The van der Waals surface area contributed by atoms with Crippen LogP contribution in [-0.2, 0) is 28.6 Å². The summed E-state index contributed by atoms with van der Waals surface area (Å²) in [6.07, 6.45) is 68.2. The second-order valence-corrected chi connectivity index (χ2v) is 17.0. The van der Waals surface area contributed by atoms with Crippen molar-refractivity contribution in [2.24, 2.45) is 0 Å². The average molecular weight is 889 g/mol. The minimum Gasteiger partial charge on any atom is -0.462 e. The zero-order valence-corrected chi connectivity index (χ0v) is 41.5. The summed E-state index contributed by atoms with van der Waals surface area (Å²) in [6.45, 7) is 6.36. The highest BCUT2D eigenvalue weighted by molar-refractivity contribution is 5.71. The molecule has 0 N–H and O–H groups in total. The highest BCUT2D eigenvalue weighted by Crippen LogP contribution is 2.14. The molecule has 0 heterocycles. The fourth-order valence-electron chi connectivity index (χ4n) is 6.95. The van der Waals surface area contributed by atoms with Gasteiger partial charge < -0.3 is 14.2 Å². The van der Waals surface area contributed by atoms with Crippen molar-refractivity contribution in [1.29, 1.82) is 0 Å². The molecule has 0 spiro atoms. The van der Waals surface area contributed by atoms with Crippen LogP contribution < -0.4 is 0 Å². The first kappa shape index (κ1) is 60.3. The third-order valence-corrected chi connectivity index (χ3v) is 10.8. The van der Waals surface area contributed by atoms with E-state index in [-0.39, 0.29) is 31.1 Å². The standard InChI is InChI=1S/C58H96O6/c1-4-7-10-13-16-19-22-24-26-28-29-30-32-33-36-39-42-45-48-51-57(60)63-54-55(53-62-56(59)50-47-44-41-38-35-21-18-15-12-9-6-3)64-58(61)52-49-46-43-40-37-34-31-27-25-23-20-17-14-11-8-5-2/h7-8,10-11,16-17,19-20,24-27,29-30,33,36,55H,4-6,9,12-15,18,21-23,28,31-32,34-35,37-54H2,1-3H3/b10-7-,11-8-,19-16-,20-17-,26-24-,27-25-,30-29-,36-33-. The van der Waals surface area contributed by atoms with Gasteiger partial charge in [0.1, 0.15) is 13.2 Å². The van der Waals surface area contributed by atoms with Crippen LogP contribution in [0.3, 0.4) is 0 Å². The number of allylic oxidation sites excluding steroid dienone is 16. The molecule has 1 unspecified atom stereocenters. The summed E-state index contributed by atoms with van der Waals surface area (Å²) in [7, 11) is 0. The van der Waals surface area contributed by atoms with Crippen molar-refractivity contribution >= 4 is 17.9 Å². The van der Waals surface area contributed by atoms with Crippen LogP contribution in [0.25, 0.3) is 0 Å². The van der Waals surface area contributed by atoms with Crippen molar-refractivity contribution in [3.8, 4) is 0 Å². The van der Waals surface area contributed by atoms with Crippen LogP contribution in [0.15, 0.2) is 97.2 Å². The Balaban J connectivity index is 4.45. The molecule has 0 aromatic heterocycles. The van der Waals surface area contributed by atoms with Crippen LogP contribution in [0.4, 0.5) is 0 Å². The molecular weight excluding hydrogens is 793 g/mol. The normalized spacial score (nSPS) is 12.9. The fourth-order valence-corrected chi connectivity index (χ4v) is 6.95. The minimum atomic E-state index is -0.797. The van der Waals surface area contributed by atoms with E-state index in [1.807, 2.05) is 0 Å². The van der Waals surface area contributed by atoms with Gasteiger partial charge in [-0.05, 0) is 96.3 Å². The van der Waals surface area contributed by atoms with Crippen LogP contribution in [-0.4, -0.2) is 37.2 Å². The molecular formula is C58H96O6. The Labute approximate surface area is 394 Å². The van der Waals surface area contributed by atoms with Crippen molar-refractivity contribution in [3.63, 3.8) is 0 Å². The topological polar surface area (TPSA) is 78.9 Å². The highest BCUT2D eigenvalue weighted by Gasteiger charge is 2.19. The molecule has 0 aliphatic heterocycles. The number of carbonyl (C=O) groups is 3. The summed E-state index contributed by atoms with van der Waals surface area (Å²) >= 11 is 0. The lowest BCUT2D eigenvalue weighted by molar-refractivity contribution is -0.167. The van der Waals surface area contributed by atoms with Gasteiger partial charge in [-0.1, -0.05) is 214 Å². The molecule has 64 heavy (non-hydrogen) atoms. The molecule has 0 fully saturated rings. The second kappa shape index (κ2) is 52.0. The summed E-state index contributed by atoms with van der Waals surface area (Å²) < 4.78 is 16.8. The van der Waals surface area contributed by atoms with E-state index in [1.165, 1.54) is 64.2 Å². The largest absolute Gasteiger partial charge is 0.462 e. The van der Waals surface area contributed by atoms with Gasteiger partial charge in [0.2, 0.25) is 0 Å². The van der Waals surface area contributed by atoms with Gasteiger partial charge in [-0.3, -0.25) is 14.4 Å². The summed E-state index contributed by atoms with van der Waals surface area (Å²) in [6, 6.07) is 0. The van der Waals surface area contributed by atoms with Gasteiger partial charge in [0.25, 0.3) is 0 Å². The second-order valence-electron chi connectivity index (χ2n) is 17.0. The third-order valence-electron chi connectivity index (χ3n) is 10.8. The van der Waals surface area contributed by atoms with Crippen molar-refractivity contribution < 1.29 is 28.6 Å². The quantitative estimate of drug-likeness (QED) is 0.0262. The average Bonchev–Trinajstić information content (AvgIpc) is 3.29. The molecule has 1 atom stereocenters. The zero-order chi connectivity index (χ0) is 46.5. The minimum absolute atomic E-state index is 0.0931. The molecule has 0 aliphatic carbocycles. The Hall–Kier alpha value is -3.67. The molecule has 0 radical (unpaired) electrons. The molecule has 0 bridgehead atoms. The fraction of sp³-hybridized carbons (Fsp3) is 0.672. The summed E-state index contributed by atoms with van der Waals surface area (Å²) in [5.74, 6) is -0.942. The lowest BCUT2D eigenvalue weighted by Gasteiger charge is -2.18. The van der Waals surface area contributed by atoms with Gasteiger partial charge in [-0.25, -0.2) is 0 Å². The Morgan fingerprint density at radius 1 is 0.328 bits per heavy atom. The Morgan fingerprint density at radius 3 is 0.969 bits per heavy atom. The van der Waals surface area contributed by atoms with Crippen LogP contribution in [0, 0.1) is 0 Å². The number of hydrogen-bond acceptors (Lipinski definition) is 6. The van der Waals surface area contributed by atoms with E-state index in [9.17, 15) is 14.4 Å². The zero-order valence-electron chi connectivity index (χ0n) is 41.5. The van der Waals surface area contributed by atoms with Crippen molar-refractivity contribution in [2.75, 3.05) is 13.2 Å². The molecule has 6 nitrogen and oxygen atoms in total. The lowest BCUT2D eigenvalue weighted by atomic mass is 10.1. The predicted octanol–water partition coefficient (Wildman–Crippen LogP) is 17.4.